The average Bonchev–Trinajstić information content (AvgIpc) is 2.25. The first-order valence-electron chi connectivity index (χ1n) is 5.50. The van der Waals surface area contributed by atoms with Gasteiger partial charge in [0.1, 0.15) is 5.75 Å². The molecule has 3 nitrogen and oxygen atoms in total. The van der Waals surface area contributed by atoms with Crippen LogP contribution < -0.4 is 10.2 Å². The molecule has 0 aromatic heterocycles. The Labute approximate surface area is 107 Å². The van der Waals surface area contributed by atoms with E-state index in [0.29, 0.717) is 11.2 Å². The second kappa shape index (κ2) is 5.80. The molecule has 0 spiro atoms. The highest BCUT2D eigenvalue weighted by Crippen LogP contribution is 2.27. The molecule has 0 saturated carbocycles. The van der Waals surface area contributed by atoms with Crippen molar-refractivity contribution in [3.63, 3.8) is 0 Å². The van der Waals surface area contributed by atoms with E-state index in [2.05, 4.69) is 20.8 Å². The average molecular weight is 254 g/mol. The van der Waals surface area contributed by atoms with Crippen LogP contribution in [0.15, 0.2) is 18.2 Å². The first-order chi connectivity index (χ1) is 7.83. The smallest absolute Gasteiger partial charge is 0.492 e. The van der Waals surface area contributed by atoms with Gasteiger partial charge in [0.25, 0.3) is 0 Å². The van der Waals surface area contributed by atoms with E-state index in [1.165, 1.54) is 7.11 Å². The molecule has 1 rings (SSSR count). The summed E-state index contributed by atoms with van der Waals surface area (Å²) < 4.78 is 5.27. The minimum absolute atomic E-state index is 0.192. The topological polar surface area (TPSA) is 49.7 Å². The Balaban J connectivity index is 2.85. The summed E-state index contributed by atoms with van der Waals surface area (Å²) in [6.45, 7) is 6.47. The maximum Gasteiger partial charge on any atom is 0.492 e. The maximum absolute atomic E-state index is 9.26. The van der Waals surface area contributed by atoms with Crippen LogP contribution in [-0.2, 0) is 5.75 Å². The summed E-state index contributed by atoms with van der Waals surface area (Å²) in [4.78, 5) is 0. The van der Waals surface area contributed by atoms with Crippen LogP contribution in [0.25, 0.3) is 0 Å². The Morgan fingerprint density at radius 2 is 1.94 bits per heavy atom. The van der Waals surface area contributed by atoms with Gasteiger partial charge in [-0.3, -0.25) is 0 Å². The van der Waals surface area contributed by atoms with E-state index in [-0.39, 0.29) is 4.75 Å². The van der Waals surface area contributed by atoms with Crippen molar-refractivity contribution in [3.05, 3.63) is 23.8 Å². The summed E-state index contributed by atoms with van der Waals surface area (Å²) in [5, 5.41) is 18.5. The number of thioether (sulfide) groups is 1. The van der Waals surface area contributed by atoms with Gasteiger partial charge in [-0.1, -0.05) is 32.9 Å². The Morgan fingerprint density at radius 3 is 2.41 bits per heavy atom. The number of benzene rings is 1. The fourth-order valence-electron chi connectivity index (χ4n) is 1.38. The Hall–Kier alpha value is -0.645. The van der Waals surface area contributed by atoms with Crippen molar-refractivity contribution in [3.8, 4) is 5.75 Å². The molecule has 0 atom stereocenters. The van der Waals surface area contributed by atoms with Crippen LogP contribution in [0.1, 0.15) is 26.3 Å². The molecule has 0 unspecified atom stereocenters. The van der Waals surface area contributed by atoms with Crippen molar-refractivity contribution in [1.82, 2.24) is 0 Å². The molecule has 1 aromatic rings. The summed E-state index contributed by atoms with van der Waals surface area (Å²) in [5.74, 6) is 1.34. The zero-order valence-electron chi connectivity index (χ0n) is 10.7. The molecular weight excluding hydrogens is 235 g/mol. The van der Waals surface area contributed by atoms with E-state index >= 15 is 0 Å². The summed E-state index contributed by atoms with van der Waals surface area (Å²) in [7, 11) is 0.0228. The van der Waals surface area contributed by atoms with Crippen molar-refractivity contribution in [1.29, 1.82) is 0 Å². The second-order valence-corrected chi connectivity index (χ2v) is 6.65. The number of ether oxygens (including phenoxy) is 1. The standard InChI is InChI=1S/C12H19BO3S/c1-12(2,3)17-8-9-5-6-11(16-4)10(7-9)13(14)15/h5-7,14-15H,8H2,1-4H3. The van der Waals surface area contributed by atoms with Gasteiger partial charge in [0, 0.05) is 16.0 Å². The second-order valence-electron chi connectivity index (χ2n) is 4.85. The number of hydrogen-bond donors (Lipinski definition) is 2. The lowest BCUT2D eigenvalue weighted by atomic mass is 9.79. The highest BCUT2D eigenvalue weighted by Gasteiger charge is 2.18. The summed E-state index contributed by atoms with van der Waals surface area (Å²) in [6, 6.07) is 5.50. The molecule has 94 valence electrons. The molecule has 0 aliphatic rings. The maximum atomic E-state index is 9.26. The fourth-order valence-corrected chi connectivity index (χ4v) is 2.15. The molecule has 0 amide bonds. The fraction of sp³-hybridized carbons (Fsp3) is 0.500. The molecule has 0 radical (unpaired) electrons. The van der Waals surface area contributed by atoms with E-state index < -0.39 is 7.12 Å². The van der Waals surface area contributed by atoms with Crippen molar-refractivity contribution in [2.75, 3.05) is 7.11 Å². The Kier molecular flexibility index (Phi) is 4.92. The molecular formula is C12H19BO3S. The van der Waals surface area contributed by atoms with Gasteiger partial charge < -0.3 is 14.8 Å². The van der Waals surface area contributed by atoms with Crippen molar-refractivity contribution in [2.24, 2.45) is 0 Å². The monoisotopic (exact) mass is 254 g/mol. The molecule has 0 fully saturated rings. The third kappa shape index (κ3) is 4.62. The van der Waals surface area contributed by atoms with Crippen LogP contribution in [0.2, 0.25) is 0 Å². The lowest BCUT2D eigenvalue weighted by Gasteiger charge is -2.18. The molecule has 0 saturated heterocycles. The number of hydrogen-bond acceptors (Lipinski definition) is 4. The van der Waals surface area contributed by atoms with Gasteiger partial charge in [0.05, 0.1) is 7.11 Å². The van der Waals surface area contributed by atoms with Crippen molar-refractivity contribution in [2.45, 2.75) is 31.3 Å². The van der Waals surface area contributed by atoms with Crippen molar-refractivity contribution < 1.29 is 14.8 Å². The quantitative estimate of drug-likeness (QED) is 0.797. The first kappa shape index (κ1) is 14.4. The molecule has 2 N–H and O–H groups in total. The summed E-state index contributed by atoms with van der Waals surface area (Å²) in [6.07, 6.45) is 0. The van der Waals surface area contributed by atoms with E-state index in [4.69, 9.17) is 4.74 Å². The zero-order chi connectivity index (χ0) is 13.1. The molecule has 1 aromatic carbocycles. The highest BCUT2D eigenvalue weighted by molar-refractivity contribution is 7.99. The normalized spacial score (nSPS) is 11.4. The molecule has 0 aliphatic carbocycles. The van der Waals surface area contributed by atoms with Gasteiger partial charge >= 0.3 is 7.12 Å². The minimum atomic E-state index is -1.50. The zero-order valence-corrected chi connectivity index (χ0v) is 11.5. The molecule has 5 heteroatoms. The summed E-state index contributed by atoms with van der Waals surface area (Å²) in [5.41, 5.74) is 1.48. The lowest BCUT2D eigenvalue weighted by molar-refractivity contribution is 0.403. The van der Waals surface area contributed by atoms with E-state index in [9.17, 15) is 10.0 Å². The van der Waals surface area contributed by atoms with Gasteiger partial charge in [0.15, 0.2) is 0 Å². The third-order valence-corrected chi connectivity index (χ3v) is 3.59. The van der Waals surface area contributed by atoms with Gasteiger partial charge in [0.2, 0.25) is 0 Å². The first-order valence-corrected chi connectivity index (χ1v) is 6.49. The summed E-state index contributed by atoms with van der Waals surface area (Å²) >= 11 is 1.82. The number of methoxy groups -OCH3 is 1. The van der Waals surface area contributed by atoms with Crippen LogP contribution in [0.5, 0.6) is 5.75 Å². The number of rotatable bonds is 4. The van der Waals surface area contributed by atoms with E-state index in [1.54, 1.807) is 12.1 Å². The third-order valence-electron chi connectivity index (χ3n) is 2.24. The van der Waals surface area contributed by atoms with Crippen LogP contribution in [0.4, 0.5) is 0 Å². The van der Waals surface area contributed by atoms with E-state index in [0.717, 1.165) is 11.3 Å². The van der Waals surface area contributed by atoms with Gasteiger partial charge in [-0.25, -0.2) is 0 Å². The van der Waals surface area contributed by atoms with Crippen LogP contribution in [0.3, 0.4) is 0 Å². The predicted molar refractivity (Wildman–Crippen MR) is 73.9 cm³/mol. The SMILES string of the molecule is COc1ccc(CSC(C)(C)C)cc1B(O)O. The van der Waals surface area contributed by atoms with Crippen molar-refractivity contribution >= 4 is 24.3 Å². The lowest BCUT2D eigenvalue weighted by Crippen LogP contribution is -2.31. The minimum Gasteiger partial charge on any atom is -0.497 e. The van der Waals surface area contributed by atoms with Crippen LogP contribution in [0, 0.1) is 0 Å². The molecule has 0 heterocycles. The van der Waals surface area contributed by atoms with Crippen LogP contribution in [-0.4, -0.2) is 29.0 Å². The molecule has 0 bridgehead atoms. The largest absolute Gasteiger partial charge is 0.497 e. The Morgan fingerprint density at radius 1 is 1.29 bits per heavy atom. The van der Waals surface area contributed by atoms with Gasteiger partial charge in [-0.15, -0.1) is 0 Å². The predicted octanol–water partition coefficient (Wildman–Crippen LogP) is 1.41. The van der Waals surface area contributed by atoms with E-state index in [1.807, 2.05) is 17.8 Å². The van der Waals surface area contributed by atoms with Gasteiger partial charge in [-0.2, -0.15) is 11.8 Å². The molecule has 0 aliphatic heterocycles. The highest BCUT2D eigenvalue weighted by atomic mass is 32.2. The Bertz CT molecular complexity index is 375. The van der Waals surface area contributed by atoms with Gasteiger partial charge in [-0.05, 0) is 11.6 Å². The van der Waals surface area contributed by atoms with Crippen LogP contribution >= 0.6 is 11.8 Å². The molecule has 17 heavy (non-hydrogen) atoms.